The van der Waals surface area contributed by atoms with Gasteiger partial charge in [-0.25, -0.2) is 8.78 Å². The van der Waals surface area contributed by atoms with Gasteiger partial charge in [-0.2, -0.15) is 8.78 Å². The van der Waals surface area contributed by atoms with Crippen LogP contribution in [0.5, 0.6) is 5.75 Å². The van der Waals surface area contributed by atoms with Gasteiger partial charge in [0.15, 0.2) is 23.2 Å². The number of carbonyl (C=O) groups excluding carboxylic acids is 4. The zero-order valence-corrected chi connectivity index (χ0v) is 21.7. The predicted octanol–water partition coefficient (Wildman–Crippen LogP) is 1.92. The van der Waals surface area contributed by atoms with Gasteiger partial charge in [-0.1, -0.05) is 23.7 Å². The average molecular weight is 604 g/mol. The molecule has 0 aliphatic carbocycles. The van der Waals surface area contributed by atoms with E-state index in [-0.39, 0.29) is 43.1 Å². The number of hydrogen-bond donors (Lipinski definition) is 3. The topological polar surface area (TPSA) is 151 Å². The third-order valence-electron chi connectivity index (χ3n) is 5.75. The van der Waals surface area contributed by atoms with Gasteiger partial charge in [0.2, 0.25) is 17.5 Å². The fourth-order valence-corrected chi connectivity index (χ4v) is 3.85. The number of carbonyl (C=O) groups is 5. The highest BCUT2D eigenvalue weighted by Gasteiger charge is 2.33. The lowest BCUT2D eigenvalue weighted by Gasteiger charge is -2.24. The first-order valence-corrected chi connectivity index (χ1v) is 12.2. The number of carboxylic acids is 1. The summed E-state index contributed by atoms with van der Waals surface area (Å²) >= 11 is 5.98. The van der Waals surface area contributed by atoms with Crippen LogP contribution < -0.4 is 15.4 Å². The Balaban J connectivity index is 1.67. The summed E-state index contributed by atoms with van der Waals surface area (Å²) < 4.78 is 64.4. The van der Waals surface area contributed by atoms with Crippen LogP contribution in [-0.4, -0.2) is 78.4 Å². The van der Waals surface area contributed by atoms with Crippen molar-refractivity contribution in [3.05, 3.63) is 58.6 Å². The minimum absolute atomic E-state index is 0.0540. The van der Waals surface area contributed by atoms with Crippen molar-refractivity contribution in [2.75, 3.05) is 38.2 Å². The second kappa shape index (κ2) is 13.9. The molecule has 1 aliphatic heterocycles. The van der Waals surface area contributed by atoms with Crippen LogP contribution in [0.3, 0.4) is 0 Å². The average Bonchev–Trinajstić information content (AvgIpc) is 3.18. The fourth-order valence-electron chi connectivity index (χ4n) is 3.67. The predicted molar refractivity (Wildman–Crippen MR) is 132 cm³/mol. The number of para-hydroxylation sites is 1. The Kier molecular flexibility index (Phi) is 10.6. The number of anilines is 1. The normalized spacial score (nSPS) is 15.8. The molecule has 3 N–H and O–H groups in total. The standard InChI is InChI=1S/C25H22ClF4N3O8/c26-13-3-1-2-4-16(13)31-24(38)25(39)33-5-6-40-10-12(9-33)23(37)32-17(8-19(35)36)18(34)11-41-22-20(29)14(27)7-15(28)21(22)30/h1-4,7,12,17H,5-6,8-11H2,(H,31,38)(H,32,37)(H,35,36)/t12-,17+/m1/s1. The maximum atomic E-state index is 13.8. The van der Waals surface area contributed by atoms with Gasteiger partial charge in [-0.3, -0.25) is 24.0 Å². The number of nitrogens with zero attached hydrogens (tertiary/aromatic N) is 1. The quantitative estimate of drug-likeness (QED) is 0.223. The maximum absolute atomic E-state index is 13.8. The number of carboxylic acid groups (broad SMARTS) is 1. The highest BCUT2D eigenvalue weighted by atomic mass is 35.5. The van der Waals surface area contributed by atoms with Gasteiger partial charge >= 0.3 is 17.8 Å². The fraction of sp³-hybridized carbons (Fsp3) is 0.320. The molecule has 16 heteroatoms. The Labute approximate surface area is 234 Å². The van der Waals surface area contributed by atoms with Gasteiger partial charge < -0.3 is 30.1 Å². The number of amides is 3. The lowest BCUT2D eigenvalue weighted by Crippen LogP contribution is -2.50. The third-order valence-corrected chi connectivity index (χ3v) is 6.08. The van der Waals surface area contributed by atoms with Gasteiger partial charge in [0.05, 0.1) is 36.3 Å². The Hall–Kier alpha value is -4.24. The Bertz CT molecular complexity index is 1340. The molecule has 0 aromatic heterocycles. The molecule has 3 rings (SSSR count). The van der Waals surface area contributed by atoms with Crippen LogP contribution in [0, 0.1) is 29.2 Å². The van der Waals surface area contributed by atoms with Crippen LogP contribution in [0.25, 0.3) is 0 Å². The SMILES string of the molecule is O=C(O)C[C@H](NC(=O)[C@H]1COCCN(C(=O)C(=O)Nc2ccccc2Cl)C1)C(=O)COc1c(F)c(F)cc(F)c1F. The number of benzene rings is 2. The van der Waals surface area contributed by atoms with Crippen molar-refractivity contribution in [1.29, 1.82) is 0 Å². The summed E-state index contributed by atoms with van der Waals surface area (Å²) in [6.45, 7) is -2.02. The molecule has 0 radical (unpaired) electrons. The molecule has 41 heavy (non-hydrogen) atoms. The van der Waals surface area contributed by atoms with E-state index in [0.29, 0.717) is 0 Å². The summed E-state index contributed by atoms with van der Waals surface area (Å²) in [5.74, 6) is -15.9. The molecule has 0 unspecified atom stereocenters. The molecule has 0 bridgehead atoms. The van der Waals surface area contributed by atoms with Crippen molar-refractivity contribution in [3.8, 4) is 5.75 Å². The van der Waals surface area contributed by atoms with E-state index in [1.807, 2.05) is 0 Å². The molecule has 1 aliphatic rings. The van der Waals surface area contributed by atoms with Crippen molar-refractivity contribution < 1.29 is 56.1 Å². The van der Waals surface area contributed by atoms with Gasteiger partial charge in [-0.05, 0) is 12.1 Å². The second-order valence-corrected chi connectivity index (χ2v) is 9.08. The number of hydrogen-bond acceptors (Lipinski definition) is 7. The van der Waals surface area contributed by atoms with Crippen molar-refractivity contribution in [1.82, 2.24) is 10.2 Å². The van der Waals surface area contributed by atoms with Gasteiger partial charge in [0, 0.05) is 19.2 Å². The van der Waals surface area contributed by atoms with Crippen molar-refractivity contribution in [2.24, 2.45) is 5.92 Å². The summed E-state index contributed by atoms with van der Waals surface area (Å²) in [6, 6.07) is 4.27. The molecule has 11 nitrogen and oxygen atoms in total. The summed E-state index contributed by atoms with van der Waals surface area (Å²) in [5, 5.41) is 13.9. The molecule has 0 spiro atoms. The number of ether oxygens (including phenoxy) is 2. The number of aliphatic carboxylic acids is 1. The first-order chi connectivity index (χ1) is 19.4. The van der Waals surface area contributed by atoms with Crippen molar-refractivity contribution >= 4 is 46.8 Å². The number of halogens is 5. The molecule has 2 aromatic rings. The van der Waals surface area contributed by atoms with E-state index in [1.54, 1.807) is 12.1 Å². The molecular formula is C25H22ClF4N3O8. The minimum Gasteiger partial charge on any atom is -0.481 e. The van der Waals surface area contributed by atoms with Crippen LogP contribution in [0.1, 0.15) is 6.42 Å². The van der Waals surface area contributed by atoms with Crippen LogP contribution in [0.4, 0.5) is 23.2 Å². The van der Waals surface area contributed by atoms with E-state index in [1.165, 1.54) is 12.1 Å². The van der Waals surface area contributed by atoms with Gasteiger partial charge in [-0.15, -0.1) is 0 Å². The number of nitrogens with one attached hydrogen (secondary N) is 2. The van der Waals surface area contributed by atoms with E-state index in [2.05, 4.69) is 15.4 Å². The number of Topliss-reactive ketones (excluding diaryl/α,β-unsaturated/α-hetero) is 1. The van der Waals surface area contributed by atoms with E-state index in [4.69, 9.17) is 21.4 Å². The van der Waals surface area contributed by atoms with Crippen LogP contribution in [0.15, 0.2) is 30.3 Å². The minimum atomic E-state index is -1.92. The van der Waals surface area contributed by atoms with Crippen molar-refractivity contribution in [3.63, 3.8) is 0 Å². The second-order valence-electron chi connectivity index (χ2n) is 8.67. The lowest BCUT2D eigenvalue weighted by atomic mass is 10.1. The Morgan fingerprint density at radius 3 is 2.39 bits per heavy atom. The molecule has 2 aromatic carbocycles. The monoisotopic (exact) mass is 603 g/mol. The molecule has 220 valence electrons. The Morgan fingerprint density at radius 1 is 1.10 bits per heavy atom. The van der Waals surface area contributed by atoms with Crippen molar-refractivity contribution in [2.45, 2.75) is 12.5 Å². The number of rotatable bonds is 9. The van der Waals surface area contributed by atoms with Crippen LogP contribution in [-0.2, 0) is 28.7 Å². The van der Waals surface area contributed by atoms with E-state index < -0.39 is 83.5 Å². The zero-order chi connectivity index (χ0) is 30.3. The molecule has 1 fully saturated rings. The van der Waals surface area contributed by atoms with Gasteiger partial charge in [0.25, 0.3) is 0 Å². The smallest absolute Gasteiger partial charge is 0.313 e. The Morgan fingerprint density at radius 2 is 1.76 bits per heavy atom. The maximum Gasteiger partial charge on any atom is 0.313 e. The summed E-state index contributed by atoms with van der Waals surface area (Å²) in [7, 11) is 0. The molecule has 0 saturated carbocycles. The first-order valence-electron chi connectivity index (χ1n) is 11.8. The highest BCUT2D eigenvalue weighted by molar-refractivity contribution is 6.41. The molecule has 1 heterocycles. The van der Waals surface area contributed by atoms with E-state index >= 15 is 0 Å². The lowest BCUT2D eigenvalue weighted by molar-refractivity contribution is -0.144. The molecule has 2 atom stereocenters. The first kappa shape index (κ1) is 31.3. The highest BCUT2D eigenvalue weighted by Crippen LogP contribution is 2.26. The number of ketones is 1. The van der Waals surface area contributed by atoms with Crippen LogP contribution >= 0.6 is 11.6 Å². The molecular weight excluding hydrogens is 582 g/mol. The van der Waals surface area contributed by atoms with E-state index in [0.717, 1.165) is 4.90 Å². The van der Waals surface area contributed by atoms with E-state index in [9.17, 15) is 41.5 Å². The summed E-state index contributed by atoms with van der Waals surface area (Å²) in [6.07, 6.45) is -0.993. The molecule has 1 saturated heterocycles. The largest absolute Gasteiger partial charge is 0.481 e. The zero-order valence-electron chi connectivity index (χ0n) is 20.9. The molecule has 3 amide bonds. The third kappa shape index (κ3) is 8.14. The summed E-state index contributed by atoms with van der Waals surface area (Å²) in [4.78, 5) is 63.1. The van der Waals surface area contributed by atoms with Crippen LogP contribution in [0.2, 0.25) is 5.02 Å². The summed E-state index contributed by atoms with van der Waals surface area (Å²) in [5.41, 5.74) is 0.172. The van der Waals surface area contributed by atoms with Gasteiger partial charge in [0.1, 0.15) is 12.6 Å².